The minimum Gasteiger partial charge on any atom is -0.494 e. The van der Waals surface area contributed by atoms with Crippen LogP contribution in [0.3, 0.4) is 0 Å². The number of benzene rings is 1. The van der Waals surface area contributed by atoms with E-state index in [1.807, 2.05) is 0 Å². The Hall–Kier alpha value is -2.32. The van der Waals surface area contributed by atoms with Crippen LogP contribution in [-0.2, 0) is 0 Å². The molecule has 0 saturated heterocycles. The number of fused-ring (bicyclic) bond motifs is 1. The van der Waals surface area contributed by atoms with Crippen molar-refractivity contribution in [2.24, 2.45) is 0 Å². The molecule has 0 aliphatic carbocycles. The van der Waals surface area contributed by atoms with Crippen LogP contribution in [0.1, 0.15) is 21.8 Å². The molecule has 0 saturated carbocycles. The largest absolute Gasteiger partial charge is 0.494 e. The van der Waals surface area contributed by atoms with Gasteiger partial charge in [0.2, 0.25) is 17.4 Å². The van der Waals surface area contributed by atoms with Crippen LogP contribution in [0.25, 0.3) is 10.9 Å². The molecule has 9 heteroatoms. The molecule has 3 aromatic rings. The van der Waals surface area contributed by atoms with Gasteiger partial charge in [-0.15, -0.1) is 0 Å². The Morgan fingerprint density at radius 2 is 2.04 bits per heavy atom. The third kappa shape index (κ3) is 2.40. The minimum absolute atomic E-state index is 0.0859. The summed E-state index contributed by atoms with van der Waals surface area (Å²) in [5, 5.41) is 23.6. The highest BCUT2D eigenvalue weighted by molar-refractivity contribution is 9.10. The van der Waals surface area contributed by atoms with Gasteiger partial charge in [-0.2, -0.15) is 0 Å². The first-order chi connectivity index (χ1) is 10.8. The zero-order valence-corrected chi connectivity index (χ0v) is 13.8. The standard InChI is InChI=1S/C14H8BrClN2O5/c1-5-2-10(23-17-5)12(19)11-6-3-7(15)8(16)4-9(6)18(13(11)20)14(21)22/h2-4,20H,1H3,(H,21,22). The van der Waals surface area contributed by atoms with Crippen LogP contribution < -0.4 is 0 Å². The normalized spacial score (nSPS) is 11.1. The van der Waals surface area contributed by atoms with Gasteiger partial charge in [0, 0.05) is 15.9 Å². The summed E-state index contributed by atoms with van der Waals surface area (Å²) < 4.78 is 5.95. The quantitative estimate of drug-likeness (QED) is 0.635. The van der Waals surface area contributed by atoms with Crippen LogP contribution in [-0.4, -0.2) is 31.8 Å². The van der Waals surface area contributed by atoms with Gasteiger partial charge in [0.25, 0.3) is 0 Å². The summed E-state index contributed by atoms with van der Waals surface area (Å²) in [7, 11) is 0. The number of rotatable bonds is 2. The van der Waals surface area contributed by atoms with Gasteiger partial charge in [0.1, 0.15) is 0 Å². The van der Waals surface area contributed by atoms with E-state index >= 15 is 0 Å². The van der Waals surface area contributed by atoms with Crippen molar-refractivity contribution in [3.05, 3.63) is 44.7 Å². The summed E-state index contributed by atoms with van der Waals surface area (Å²) in [6.45, 7) is 1.64. The molecule has 0 unspecified atom stereocenters. The van der Waals surface area contributed by atoms with Gasteiger partial charge >= 0.3 is 6.09 Å². The summed E-state index contributed by atoms with van der Waals surface area (Å²) in [5.74, 6) is -1.49. The second-order valence-electron chi connectivity index (χ2n) is 4.76. The van der Waals surface area contributed by atoms with Gasteiger partial charge < -0.3 is 14.7 Å². The van der Waals surface area contributed by atoms with Crippen LogP contribution in [0, 0.1) is 6.92 Å². The van der Waals surface area contributed by atoms with Crippen molar-refractivity contribution in [1.29, 1.82) is 0 Å². The van der Waals surface area contributed by atoms with Crippen LogP contribution >= 0.6 is 27.5 Å². The molecule has 0 fully saturated rings. The summed E-state index contributed by atoms with van der Waals surface area (Å²) in [6.07, 6.45) is -1.45. The molecule has 2 aromatic heterocycles. The topological polar surface area (TPSA) is 106 Å². The number of carboxylic acid groups (broad SMARTS) is 1. The second kappa shape index (κ2) is 5.39. The number of ketones is 1. The van der Waals surface area contributed by atoms with Gasteiger partial charge in [0.15, 0.2) is 0 Å². The molecule has 0 amide bonds. The van der Waals surface area contributed by atoms with E-state index in [0.29, 0.717) is 14.7 Å². The lowest BCUT2D eigenvalue weighted by atomic mass is 10.1. The number of halogens is 2. The zero-order chi connectivity index (χ0) is 16.9. The van der Waals surface area contributed by atoms with Crippen LogP contribution in [0.15, 0.2) is 27.2 Å². The van der Waals surface area contributed by atoms with Crippen LogP contribution in [0.4, 0.5) is 4.79 Å². The molecule has 7 nitrogen and oxygen atoms in total. The van der Waals surface area contributed by atoms with Gasteiger partial charge in [0.05, 0.1) is 21.8 Å². The fourth-order valence-electron chi connectivity index (χ4n) is 2.28. The van der Waals surface area contributed by atoms with E-state index in [9.17, 15) is 19.8 Å². The van der Waals surface area contributed by atoms with Crippen molar-refractivity contribution in [1.82, 2.24) is 9.72 Å². The van der Waals surface area contributed by atoms with Crippen molar-refractivity contribution >= 4 is 50.3 Å². The Balaban J connectivity index is 2.36. The third-order valence-electron chi connectivity index (χ3n) is 3.25. The second-order valence-corrected chi connectivity index (χ2v) is 6.02. The van der Waals surface area contributed by atoms with Crippen molar-refractivity contribution in [3.8, 4) is 5.88 Å². The van der Waals surface area contributed by atoms with E-state index in [1.165, 1.54) is 18.2 Å². The molecule has 23 heavy (non-hydrogen) atoms. The third-order valence-corrected chi connectivity index (χ3v) is 4.45. The maximum absolute atomic E-state index is 12.6. The Morgan fingerprint density at radius 1 is 1.35 bits per heavy atom. The molecule has 118 valence electrons. The average Bonchev–Trinajstić information content (AvgIpc) is 3.00. The SMILES string of the molecule is Cc1cc(C(=O)c2c(O)n(C(=O)O)c3cc(Cl)c(Br)cc23)on1. The number of hydrogen-bond donors (Lipinski definition) is 2. The van der Waals surface area contributed by atoms with Gasteiger partial charge in [-0.05, 0) is 35.0 Å². The number of carbonyl (C=O) groups excluding carboxylic acids is 1. The summed E-state index contributed by atoms with van der Waals surface area (Å²) in [4.78, 5) is 24.0. The summed E-state index contributed by atoms with van der Waals surface area (Å²) in [5.41, 5.74) is 0.373. The predicted molar refractivity (Wildman–Crippen MR) is 84.4 cm³/mol. The van der Waals surface area contributed by atoms with E-state index in [2.05, 4.69) is 21.1 Å². The molecule has 0 radical (unpaired) electrons. The first-order valence-electron chi connectivity index (χ1n) is 6.25. The van der Waals surface area contributed by atoms with E-state index < -0.39 is 17.8 Å². The molecule has 1 aromatic carbocycles. The van der Waals surface area contributed by atoms with Crippen LogP contribution in [0.5, 0.6) is 5.88 Å². The number of aromatic hydroxyl groups is 1. The number of aryl methyl sites for hydroxylation is 1. The van der Waals surface area contributed by atoms with Crippen LogP contribution in [0.2, 0.25) is 5.02 Å². The number of hydrogen-bond acceptors (Lipinski definition) is 5. The van der Waals surface area contributed by atoms with E-state index in [4.69, 9.17) is 16.1 Å². The lowest BCUT2D eigenvalue weighted by Crippen LogP contribution is -2.07. The number of nitrogens with zero attached hydrogens (tertiary/aromatic N) is 2. The van der Waals surface area contributed by atoms with E-state index in [-0.39, 0.29) is 27.2 Å². The highest BCUT2D eigenvalue weighted by Gasteiger charge is 2.28. The van der Waals surface area contributed by atoms with Crippen molar-refractivity contribution < 1.29 is 24.3 Å². The predicted octanol–water partition coefficient (Wildman–Crippen LogP) is 3.82. The molecule has 2 N–H and O–H groups in total. The maximum atomic E-state index is 12.6. The average molecular weight is 400 g/mol. The molecule has 3 rings (SSSR count). The monoisotopic (exact) mass is 398 g/mol. The number of carbonyl (C=O) groups is 2. The molecular weight excluding hydrogens is 392 g/mol. The molecular formula is C14H8BrClN2O5. The van der Waals surface area contributed by atoms with E-state index in [1.54, 1.807) is 6.92 Å². The Kier molecular flexibility index (Phi) is 3.65. The summed E-state index contributed by atoms with van der Waals surface area (Å²) in [6, 6.07) is 4.21. The molecule has 2 heterocycles. The highest BCUT2D eigenvalue weighted by Crippen LogP contribution is 2.37. The van der Waals surface area contributed by atoms with Crippen molar-refractivity contribution in [2.45, 2.75) is 6.92 Å². The highest BCUT2D eigenvalue weighted by atomic mass is 79.9. The molecule has 0 spiro atoms. The molecule has 0 aliphatic heterocycles. The van der Waals surface area contributed by atoms with Gasteiger partial charge in [-0.3, -0.25) is 4.79 Å². The lowest BCUT2D eigenvalue weighted by Gasteiger charge is -2.00. The maximum Gasteiger partial charge on any atom is 0.418 e. The van der Waals surface area contributed by atoms with Gasteiger partial charge in [-0.25, -0.2) is 9.36 Å². The first-order valence-corrected chi connectivity index (χ1v) is 7.42. The smallest absolute Gasteiger partial charge is 0.418 e. The minimum atomic E-state index is -1.45. The Labute approximate surface area is 142 Å². The number of aromatic nitrogens is 2. The van der Waals surface area contributed by atoms with E-state index in [0.717, 1.165) is 0 Å². The summed E-state index contributed by atoms with van der Waals surface area (Å²) >= 11 is 9.19. The van der Waals surface area contributed by atoms with Crippen molar-refractivity contribution in [2.75, 3.05) is 0 Å². The fourth-order valence-corrected chi connectivity index (χ4v) is 2.78. The van der Waals surface area contributed by atoms with Gasteiger partial charge in [-0.1, -0.05) is 16.8 Å². The lowest BCUT2D eigenvalue weighted by molar-refractivity contribution is 0.0999. The molecule has 0 aliphatic rings. The molecule has 0 bridgehead atoms. The fraction of sp³-hybridized carbons (Fsp3) is 0.0714. The Morgan fingerprint density at radius 3 is 2.61 bits per heavy atom. The molecule has 0 atom stereocenters. The Bertz CT molecular complexity index is 975. The zero-order valence-electron chi connectivity index (χ0n) is 11.5. The van der Waals surface area contributed by atoms with Crippen molar-refractivity contribution in [3.63, 3.8) is 0 Å². The first kappa shape index (κ1) is 15.6.